The molecule has 2 heterocycles. The first-order chi connectivity index (χ1) is 9.13. The van der Waals surface area contributed by atoms with Crippen LogP contribution in [0, 0.1) is 0 Å². The van der Waals surface area contributed by atoms with Crippen LogP contribution in [0.1, 0.15) is 18.9 Å². The Morgan fingerprint density at radius 1 is 1.32 bits per heavy atom. The Labute approximate surface area is 112 Å². The number of para-hydroxylation sites is 1. The zero-order valence-corrected chi connectivity index (χ0v) is 11.4. The van der Waals surface area contributed by atoms with Gasteiger partial charge < -0.3 is 9.88 Å². The molecule has 2 N–H and O–H groups in total. The maximum Gasteiger partial charge on any atom is 0.247 e. The van der Waals surface area contributed by atoms with Gasteiger partial charge in [0.25, 0.3) is 0 Å². The minimum absolute atomic E-state index is 0.134. The molecule has 1 saturated heterocycles. The summed E-state index contributed by atoms with van der Waals surface area (Å²) < 4.78 is 0. The number of fused-ring (bicyclic) bond motifs is 1. The van der Waals surface area contributed by atoms with Crippen LogP contribution in [0.3, 0.4) is 0 Å². The number of rotatable bonds is 1. The van der Waals surface area contributed by atoms with Crippen LogP contribution in [0.2, 0.25) is 0 Å². The van der Waals surface area contributed by atoms with Crippen LogP contribution in [0.15, 0.2) is 30.5 Å². The number of carbonyl (C=O) groups excluding carboxylic acids is 1. The summed E-state index contributed by atoms with van der Waals surface area (Å²) in [7, 11) is 1.88. The molecule has 1 amide bonds. The Morgan fingerprint density at radius 2 is 2.11 bits per heavy atom. The zero-order chi connectivity index (χ0) is 13.5. The summed E-state index contributed by atoms with van der Waals surface area (Å²) >= 11 is 0. The fourth-order valence-corrected chi connectivity index (χ4v) is 2.91. The second-order valence-electron chi connectivity index (χ2n) is 5.38. The van der Waals surface area contributed by atoms with Gasteiger partial charge in [-0.1, -0.05) is 18.2 Å². The molecule has 0 spiro atoms. The van der Waals surface area contributed by atoms with Crippen molar-refractivity contribution in [3.8, 4) is 0 Å². The summed E-state index contributed by atoms with van der Waals surface area (Å²) in [5, 5.41) is 4.53. The fourth-order valence-electron chi connectivity index (χ4n) is 2.91. The van der Waals surface area contributed by atoms with Gasteiger partial charge in [0.15, 0.2) is 0 Å². The average molecular weight is 257 g/mol. The highest BCUT2D eigenvalue weighted by Crippen LogP contribution is 2.31. The van der Waals surface area contributed by atoms with Crippen molar-refractivity contribution >= 4 is 16.8 Å². The van der Waals surface area contributed by atoms with Gasteiger partial charge in [-0.15, -0.1) is 0 Å². The minimum atomic E-state index is -0.648. The Kier molecular flexibility index (Phi) is 2.82. The Morgan fingerprint density at radius 3 is 2.95 bits per heavy atom. The lowest BCUT2D eigenvalue weighted by atomic mass is 9.90. The number of aromatic amines is 1. The predicted molar refractivity (Wildman–Crippen MR) is 75.9 cm³/mol. The van der Waals surface area contributed by atoms with E-state index in [-0.39, 0.29) is 5.91 Å². The molecular formula is C15H19N3O. The topological polar surface area (TPSA) is 48.1 Å². The van der Waals surface area contributed by atoms with Crippen LogP contribution >= 0.6 is 0 Å². The number of H-pyrrole nitrogens is 1. The molecule has 0 bridgehead atoms. The summed E-state index contributed by atoms with van der Waals surface area (Å²) in [4.78, 5) is 17.7. The quantitative estimate of drug-likeness (QED) is 0.819. The molecule has 1 atom stereocenters. The molecule has 1 fully saturated rings. The van der Waals surface area contributed by atoms with Crippen LogP contribution in [0.25, 0.3) is 10.9 Å². The molecule has 3 rings (SSSR count). The normalized spacial score (nSPS) is 24.7. The summed E-state index contributed by atoms with van der Waals surface area (Å²) in [5.74, 6) is 0.134. The molecule has 4 heteroatoms. The number of aromatic nitrogens is 1. The molecule has 2 aromatic rings. The number of nitrogens with zero attached hydrogens (tertiary/aromatic N) is 1. The summed E-state index contributed by atoms with van der Waals surface area (Å²) in [6.07, 6.45) is 2.94. The molecule has 4 nitrogen and oxygen atoms in total. The lowest BCUT2D eigenvalue weighted by molar-refractivity contribution is -0.135. The highest BCUT2D eigenvalue weighted by molar-refractivity contribution is 5.94. The Balaban J connectivity index is 2.15. The zero-order valence-electron chi connectivity index (χ0n) is 11.4. The van der Waals surface area contributed by atoms with E-state index in [0.717, 1.165) is 36.0 Å². The number of benzene rings is 1. The smallest absolute Gasteiger partial charge is 0.247 e. The van der Waals surface area contributed by atoms with E-state index in [0.29, 0.717) is 0 Å². The SMILES string of the molecule is CN1CCCNC(C)(c2c[nH]c3ccccc23)C1=O. The maximum absolute atomic E-state index is 12.7. The lowest BCUT2D eigenvalue weighted by Gasteiger charge is -2.30. The van der Waals surface area contributed by atoms with Gasteiger partial charge in [0, 0.05) is 36.3 Å². The monoisotopic (exact) mass is 257 g/mol. The summed E-state index contributed by atoms with van der Waals surface area (Å²) in [6, 6.07) is 8.10. The number of likely N-dealkylation sites (N-methyl/N-ethyl adjacent to an activating group) is 1. The molecule has 19 heavy (non-hydrogen) atoms. The van der Waals surface area contributed by atoms with Gasteiger partial charge in [0.2, 0.25) is 5.91 Å². The number of carbonyl (C=O) groups is 1. The lowest BCUT2D eigenvalue weighted by Crippen LogP contribution is -2.50. The molecule has 100 valence electrons. The molecule has 0 radical (unpaired) electrons. The number of hydrogen-bond acceptors (Lipinski definition) is 2. The van der Waals surface area contributed by atoms with Crippen LogP contribution in [-0.2, 0) is 10.3 Å². The molecule has 0 aliphatic carbocycles. The van der Waals surface area contributed by atoms with Crippen LogP contribution in [0.5, 0.6) is 0 Å². The molecule has 1 unspecified atom stereocenters. The van der Waals surface area contributed by atoms with Crippen molar-refractivity contribution in [2.45, 2.75) is 18.9 Å². The third-order valence-electron chi connectivity index (χ3n) is 4.05. The van der Waals surface area contributed by atoms with E-state index >= 15 is 0 Å². The number of amides is 1. The van der Waals surface area contributed by atoms with Gasteiger partial charge in [0.05, 0.1) is 0 Å². The molecule has 1 aliphatic rings. The largest absolute Gasteiger partial charge is 0.361 e. The van der Waals surface area contributed by atoms with Crippen molar-refractivity contribution in [1.29, 1.82) is 0 Å². The van der Waals surface area contributed by atoms with Gasteiger partial charge in [0.1, 0.15) is 5.54 Å². The van der Waals surface area contributed by atoms with Crippen LogP contribution < -0.4 is 5.32 Å². The molecule has 0 saturated carbocycles. The van der Waals surface area contributed by atoms with Crippen LogP contribution in [0.4, 0.5) is 0 Å². The first-order valence-corrected chi connectivity index (χ1v) is 6.70. The van der Waals surface area contributed by atoms with Gasteiger partial charge in [-0.05, 0) is 26.0 Å². The third kappa shape index (κ3) is 1.83. The standard InChI is InChI=1S/C15H19N3O/c1-15(14(19)18(2)9-5-8-17-15)12-10-16-13-7-4-3-6-11(12)13/h3-4,6-7,10,16-17H,5,8-9H2,1-2H3. The van der Waals surface area contributed by atoms with Crippen molar-refractivity contribution < 1.29 is 4.79 Å². The van der Waals surface area contributed by atoms with Crippen molar-refractivity contribution in [3.05, 3.63) is 36.0 Å². The summed E-state index contributed by atoms with van der Waals surface area (Å²) in [6.45, 7) is 3.64. The summed E-state index contributed by atoms with van der Waals surface area (Å²) in [5.41, 5.74) is 1.45. The second-order valence-corrected chi connectivity index (χ2v) is 5.38. The van der Waals surface area contributed by atoms with Gasteiger partial charge in [-0.2, -0.15) is 0 Å². The molecule has 1 aliphatic heterocycles. The van der Waals surface area contributed by atoms with Gasteiger partial charge in [-0.25, -0.2) is 0 Å². The van der Waals surface area contributed by atoms with Crippen molar-refractivity contribution in [1.82, 2.24) is 15.2 Å². The first kappa shape index (κ1) is 12.2. The molecular weight excluding hydrogens is 238 g/mol. The third-order valence-corrected chi connectivity index (χ3v) is 4.05. The Hall–Kier alpha value is -1.81. The van der Waals surface area contributed by atoms with Crippen molar-refractivity contribution in [3.63, 3.8) is 0 Å². The van der Waals surface area contributed by atoms with E-state index in [1.807, 2.05) is 43.3 Å². The highest BCUT2D eigenvalue weighted by atomic mass is 16.2. The van der Waals surface area contributed by atoms with E-state index in [1.165, 1.54) is 0 Å². The fraction of sp³-hybridized carbons (Fsp3) is 0.400. The van der Waals surface area contributed by atoms with E-state index < -0.39 is 5.54 Å². The Bertz CT molecular complexity index is 619. The van der Waals surface area contributed by atoms with Gasteiger partial charge in [-0.3, -0.25) is 10.1 Å². The highest BCUT2D eigenvalue weighted by Gasteiger charge is 2.39. The minimum Gasteiger partial charge on any atom is -0.361 e. The van der Waals surface area contributed by atoms with E-state index in [4.69, 9.17) is 0 Å². The van der Waals surface area contributed by atoms with E-state index in [9.17, 15) is 4.79 Å². The number of hydrogen-bond donors (Lipinski definition) is 2. The molecule has 1 aromatic carbocycles. The second kappa shape index (κ2) is 4.38. The van der Waals surface area contributed by atoms with Crippen molar-refractivity contribution in [2.24, 2.45) is 0 Å². The average Bonchev–Trinajstić information content (AvgIpc) is 2.81. The predicted octanol–water partition coefficient (Wildman–Crippen LogP) is 1.83. The number of nitrogens with one attached hydrogen (secondary N) is 2. The first-order valence-electron chi connectivity index (χ1n) is 6.70. The maximum atomic E-state index is 12.7. The van der Waals surface area contributed by atoms with E-state index in [1.54, 1.807) is 0 Å². The molecule has 1 aromatic heterocycles. The van der Waals surface area contributed by atoms with Crippen LogP contribution in [-0.4, -0.2) is 35.9 Å². The van der Waals surface area contributed by atoms with E-state index in [2.05, 4.69) is 16.4 Å². The van der Waals surface area contributed by atoms with Gasteiger partial charge >= 0.3 is 0 Å². The van der Waals surface area contributed by atoms with Crippen molar-refractivity contribution in [2.75, 3.05) is 20.1 Å².